The van der Waals surface area contributed by atoms with Gasteiger partial charge in [-0.1, -0.05) is 19.3 Å². The van der Waals surface area contributed by atoms with Gasteiger partial charge in [0.1, 0.15) is 0 Å². The molecule has 1 aromatic heterocycles. The molecule has 0 unspecified atom stereocenters. The maximum absolute atomic E-state index is 12.3. The Bertz CT molecular complexity index is 605. The molecule has 2 atom stereocenters. The first-order valence-corrected chi connectivity index (χ1v) is 9.94. The number of carbonyl (C=O) groups excluding carboxylic acids is 1. The first-order valence-electron chi connectivity index (χ1n) is 9.94. The summed E-state index contributed by atoms with van der Waals surface area (Å²) in [5, 5.41) is 11.5. The van der Waals surface area contributed by atoms with E-state index >= 15 is 0 Å². The Hall–Kier alpha value is -1.43. The standard InChI is InChI=1S/C19H29N3O3/c1-2-24-15-12-14(19(15)10-5-11-19)20-16(23)8-9-17-21-22-18(25-17)13-6-3-4-7-13/h13-15H,2-12H2,1H3,(H,20,23)/t14-,15-/m0/s1. The van der Waals surface area contributed by atoms with Crippen molar-refractivity contribution in [1.82, 2.24) is 15.5 Å². The van der Waals surface area contributed by atoms with Crippen molar-refractivity contribution < 1.29 is 13.9 Å². The third-order valence-electron chi connectivity index (χ3n) is 6.53. The second-order valence-electron chi connectivity index (χ2n) is 7.90. The van der Waals surface area contributed by atoms with Crippen molar-refractivity contribution in [2.24, 2.45) is 5.41 Å². The molecule has 25 heavy (non-hydrogen) atoms. The van der Waals surface area contributed by atoms with Gasteiger partial charge in [0.15, 0.2) is 0 Å². The second-order valence-corrected chi connectivity index (χ2v) is 7.90. The van der Waals surface area contributed by atoms with Gasteiger partial charge in [0, 0.05) is 36.8 Å². The quantitative estimate of drug-likeness (QED) is 0.820. The molecule has 1 heterocycles. The molecular weight excluding hydrogens is 318 g/mol. The van der Waals surface area contributed by atoms with Crippen LogP contribution in [0.2, 0.25) is 0 Å². The zero-order chi connectivity index (χ0) is 17.3. The molecule has 4 rings (SSSR count). The van der Waals surface area contributed by atoms with Crippen molar-refractivity contribution in [2.75, 3.05) is 6.61 Å². The average Bonchev–Trinajstić information content (AvgIpc) is 3.21. The molecule has 3 saturated carbocycles. The summed E-state index contributed by atoms with van der Waals surface area (Å²) in [6.07, 6.45) is 10.6. The maximum atomic E-state index is 12.3. The van der Waals surface area contributed by atoms with E-state index in [1.165, 1.54) is 32.1 Å². The lowest BCUT2D eigenvalue weighted by atomic mass is 9.51. The van der Waals surface area contributed by atoms with Crippen molar-refractivity contribution in [2.45, 2.75) is 89.2 Å². The summed E-state index contributed by atoms with van der Waals surface area (Å²) in [6, 6.07) is 0.280. The van der Waals surface area contributed by atoms with Crippen molar-refractivity contribution in [1.29, 1.82) is 0 Å². The Kier molecular flexibility index (Phi) is 4.80. The van der Waals surface area contributed by atoms with Gasteiger partial charge in [0.25, 0.3) is 0 Å². The number of aryl methyl sites for hydroxylation is 1. The first-order chi connectivity index (χ1) is 12.2. The van der Waals surface area contributed by atoms with E-state index in [0.29, 0.717) is 30.8 Å². The number of hydrogen-bond acceptors (Lipinski definition) is 5. The molecule has 0 bridgehead atoms. The zero-order valence-electron chi connectivity index (χ0n) is 15.1. The summed E-state index contributed by atoms with van der Waals surface area (Å²) >= 11 is 0. The second kappa shape index (κ2) is 7.06. The van der Waals surface area contributed by atoms with E-state index in [9.17, 15) is 4.79 Å². The van der Waals surface area contributed by atoms with Crippen molar-refractivity contribution in [3.8, 4) is 0 Å². The van der Waals surface area contributed by atoms with Crippen LogP contribution in [-0.2, 0) is 16.0 Å². The van der Waals surface area contributed by atoms with E-state index in [4.69, 9.17) is 9.15 Å². The minimum atomic E-state index is 0.0897. The van der Waals surface area contributed by atoms with Gasteiger partial charge in [-0.2, -0.15) is 0 Å². The lowest BCUT2D eigenvalue weighted by Crippen LogP contribution is -2.67. The zero-order valence-corrected chi connectivity index (χ0v) is 15.1. The number of aromatic nitrogens is 2. The molecule has 0 aliphatic heterocycles. The molecule has 1 spiro atoms. The SMILES string of the molecule is CCO[C@H]1C[C@H](NC(=O)CCc2nnc(C3CCCC3)o2)C12CCC2. The Morgan fingerprint density at radius 1 is 1.28 bits per heavy atom. The molecule has 0 radical (unpaired) electrons. The van der Waals surface area contributed by atoms with E-state index in [1.807, 2.05) is 6.92 Å². The van der Waals surface area contributed by atoms with Crippen molar-refractivity contribution in [3.05, 3.63) is 11.8 Å². The normalized spacial score (nSPS) is 27.9. The van der Waals surface area contributed by atoms with Crippen LogP contribution in [0.3, 0.4) is 0 Å². The van der Waals surface area contributed by atoms with Crippen LogP contribution in [0.4, 0.5) is 0 Å². The molecule has 1 N–H and O–H groups in total. The number of nitrogens with one attached hydrogen (secondary N) is 1. The van der Waals surface area contributed by atoms with Gasteiger partial charge in [0.05, 0.1) is 6.10 Å². The first kappa shape index (κ1) is 17.0. The minimum Gasteiger partial charge on any atom is -0.425 e. The number of nitrogens with zero attached hydrogens (tertiary/aromatic N) is 2. The van der Waals surface area contributed by atoms with Crippen LogP contribution in [0.15, 0.2) is 4.42 Å². The Labute approximate surface area is 149 Å². The summed E-state index contributed by atoms with van der Waals surface area (Å²) in [5.41, 5.74) is 0.214. The Morgan fingerprint density at radius 3 is 2.76 bits per heavy atom. The summed E-state index contributed by atoms with van der Waals surface area (Å²) in [7, 11) is 0. The lowest BCUT2D eigenvalue weighted by Gasteiger charge is -2.61. The molecule has 0 saturated heterocycles. The molecule has 138 valence electrons. The highest BCUT2D eigenvalue weighted by atomic mass is 16.5. The molecular formula is C19H29N3O3. The van der Waals surface area contributed by atoms with E-state index in [2.05, 4.69) is 15.5 Å². The van der Waals surface area contributed by atoms with Gasteiger partial charge < -0.3 is 14.5 Å². The predicted molar refractivity (Wildman–Crippen MR) is 92.1 cm³/mol. The van der Waals surface area contributed by atoms with E-state index in [0.717, 1.165) is 31.8 Å². The van der Waals surface area contributed by atoms with Gasteiger partial charge in [-0.15, -0.1) is 10.2 Å². The number of hydrogen-bond donors (Lipinski definition) is 1. The molecule has 1 amide bonds. The van der Waals surface area contributed by atoms with Gasteiger partial charge in [-0.05, 0) is 39.0 Å². The summed E-state index contributed by atoms with van der Waals surface area (Å²) in [5.74, 6) is 1.88. The van der Waals surface area contributed by atoms with Gasteiger partial charge in [-0.3, -0.25) is 4.79 Å². The monoisotopic (exact) mass is 347 g/mol. The van der Waals surface area contributed by atoms with Crippen LogP contribution in [0, 0.1) is 5.41 Å². The fraction of sp³-hybridized carbons (Fsp3) is 0.842. The van der Waals surface area contributed by atoms with Crippen LogP contribution < -0.4 is 5.32 Å². The maximum Gasteiger partial charge on any atom is 0.220 e. The topological polar surface area (TPSA) is 77.2 Å². The molecule has 6 nitrogen and oxygen atoms in total. The Balaban J connectivity index is 1.24. The lowest BCUT2D eigenvalue weighted by molar-refractivity contribution is -0.175. The van der Waals surface area contributed by atoms with Crippen molar-refractivity contribution >= 4 is 5.91 Å². The fourth-order valence-electron chi connectivity index (χ4n) is 4.83. The van der Waals surface area contributed by atoms with Gasteiger partial charge in [-0.25, -0.2) is 0 Å². The third kappa shape index (κ3) is 3.21. The number of rotatable bonds is 7. The van der Waals surface area contributed by atoms with Crippen LogP contribution in [-0.4, -0.2) is 34.9 Å². The summed E-state index contributed by atoms with van der Waals surface area (Å²) < 4.78 is 11.6. The molecule has 6 heteroatoms. The highest BCUT2D eigenvalue weighted by Crippen LogP contribution is 2.57. The van der Waals surface area contributed by atoms with Crippen LogP contribution >= 0.6 is 0 Å². The summed E-state index contributed by atoms with van der Waals surface area (Å²) in [6.45, 7) is 2.80. The smallest absolute Gasteiger partial charge is 0.220 e. The van der Waals surface area contributed by atoms with Crippen LogP contribution in [0.25, 0.3) is 0 Å². The summed E-state index contributed by atoms with van der Waals surface area (Å²) in [4.78, 5) is 12.3. The predicted octanol–water partition coefficient (Wildman–Crippen LogP) is 3.12. The Morgan fingerprint density at radius 2 is 2.08 bits per heavy atom. The van der Waals surface area contributed by atoms with Crippen molar-refractivity contribution in [3.63, 3.8) is 0 Å². The molecule has 3 fully saturated rings. The van der Waals surface area contributed by atoms with E-state index in [-0.39, 0.29) is 17.4 Å². The number of ether oxygens (including phenoxy) is 1. The van der Waals surface area contributed by atoms with E-state index < -0.39 is 0 Å². The number of carbonyl (C=O) groups is 1. The molecule has 3 aliphatic carbocycles. The molecule has 1 aromatic rings. The van der Waals surface area contributed by atoms with E-state index in [1.54, 1.807) is 0 Å². The highest BCUT2D eigenvalue weighted by Gasteiger charge is 2.59. The largest absolute Gasteiger partial charge is 0.425 e. The highest BCUT2D eigenvalue weighted by molar-refractivity contribution is 5.76. The third-order valence-corrected chi connectivity index (χ3v) is 6.53. The van der Waals surface area contributed by atoms with Gasteiger partial charge >= 0.3 is 0 Å². The van der Waals surface area contributed by atoms with Crippen LogP contribution in [0.5, 0.6) is 0 Å². The van der Waals surface area contributed by atoms with Gasteiger partial charge in [0.2, 0.25) is 17.7 Å². The average molecular weight is 347 g/mol. The molecule has 3 aliphatic rings. The molecule has 0 aromatic carbocycles. The number of amides is 1. The van der Waals surface area contributed by atoms with Crippen LogP contribution in [0.1, 0.15) is 82.4 Å². The minimum absolute atomic E-state index is 0.0897. The fourth-order valence-corrected chi connectivity index (χ4v) is 4.83.